The molecule has 0 saturated heterocycles. The SMILES string of the molecule is CSc1ncc(C(=O)O)c(SC)n1. The molecule has 13 heavy (non-hydrogen) atoms. The normalized spacial score (nSPS) is 10.0. The Morgan fingerprint density at radius 2 is 2.15 bits per heavy atom. The van der Waals surface area contributed by atoms with E-state index in [9.17, 15) is 4.79 Å². The average molecular weight is 216 g/mol. The number of rotatable bonds is 3. The van der Waals surface area contributed by atoms with Crippen molar-refractivity contribution in [1.29, 1.82) is 0 Å². The van der Waals surface area contributed by atoms with Gasteiger partial charge in [-0.05, 0) is 12.5 Å². The second kappa shape index (κ2) is 4.48. The van der Waals surface area contributed by atoms with Crippen molar-refractivity contribution in [2.24, 2.45) is 0 Å². The van der Waals surface area contributed by atoms with Crippen LogP contribution in [0.15, 0.2) is 16.4 Å². The van der Waals surface area contributed by atoms with Gasteiger partial charge in [-0.25, -0.2) is 14.8 Å². The predicted molar refractivity (Wildman–Crippen MR) is 52.6 cm³/mol. The molecule has 0 amide bonds. The Morgan fingerprint density at radius 3 is 2.62 bits per heavy atom. The molecule has 0 aliphatic heterocycles. The number of hydrogen-bond acceptors (Lipinski definition) is 5. The lowest BCUT2D eigenvalue weighted by Gasteiger charge is -2.02. The summed E-state index contributed by atoms with van der Waals surface area (Å²) in [6, 6.07) is 0. The minimum absolute atomic E-state index is 0.158. The summed E-state index contributed by atoms with van der Waals surface area (Å²) in [5, 5.41) is 9.86. The summed E-state index contributed by atoms with van der Waals surface area (Å²) >= 11 is 2.70. The van der Waals surface area contributed by atoms with Gasteiger partial charge in [-0.3, -0.25) is 0 Å². The van der Waals surface area contributed by atoms with Crippen molar-refractivity contribution in [2.75, 3.05) is 12.5 Å². The van der Waals surface area contributed by atoms with Crippen LogP contribution in [0.25, 0.3) is 0 Å². The fourth-order valence-electron chi connectivity index (χ4n) is 0.752. The van der Waals surface area contributed by atoms with Crippen LogP contribution in [0.1, 0.15) is 10.4 Å². The largest absolute Gasteiger partial charge is 0.478 e. The van der Waals surface area contributed by atoms with Crippen molar-refractivity contribution >= 4 is 29.5 Å². The molecule has 0 radical (unpaired) electrons. The molecule has 1 heterocycles. The van der Waals surface area contributed by atoms with Gasteiger partial charge < -0.3 is 5.11 Å². The Hall–Kier alpha value is -0.750. The first-order chi connectivity index (χ1) is 6.19. The van der Waals surface area contributed by atoms with Gasteiger partial charge in [0.05, 0.1) is 0 Å². The summed E-state index contributed by atoms with van der Waals surface area (Å²) in [7, 11) is 0. The minimum atomic E-state index is -0.989. The van der Waals surface area contributed by atoms with E-state index in [2.05, 4.69) is 9.97 Å². The first kappa shape index (κ1) is 10.3. The number of carbonyl (C=O) groups is 1. The molecule has 0 unspecified atom stereocenters. The minimum Gasteiger partial charge on any atom is -0.478 e. The van der Waals surface area contributed by atoms with Crippen molar-refractivity contribution in [3.05, 3.63) is 11.8 Å². The first-order valence-electron chi connectivity index (χ1n) is 3.37. The average Bonchev–Trinajstić information content (AvgIpc) is 2.16. The van der Waals surface area contributed by atoms with Crippen LogP contribution in [0.4, 0.5) is 0 Å². The van der Waals surface area contributed by atoms with Gasteiger partial charge in [0.25, 0.3) is 0 Å². The smallest absolute Gasteiger partial charge is 0.340 e. The Kier molecular flexibility index (Phi) is 3.56. The molecular formula is C7H8N2O2S2. The van der Waals surface area contributed by atoms with E-state index < -0.39 is 5.97 Å². The monoisotopic (exact) mass is 216 g/mol. The highest BCUT2D eigenvalue weighted by Gasteiger charge is 2.11. The van der Waals surface area contributed by atoms with Crippen LogP contribution in [0, 0.1) is 0 Å². The van der Waals surface area contributed by atoms with Crippen LogP contribution < -0.4 is 0 Å². The fraction of sp³-hybridized carbons (Fsp3) is 0.286. The Bertz CT molecular complexity index is 330. The van der Waals surface area contributed by atoms with E-state index in [4.69, 9.17) is 5.11 Å². The zero-order chi connectivity index (χ0) is 9.84. The van der Waals surface area contributed by atoms with Crippen LogP contribution in [0.2, 0.25) is 0 Å². The zero-order valence-electron chi connectivity index (χ0n) is 7.14. The molecule has 0 bridgehead atoms. The summed E-state index contributed by atoms with van der Waals surface area (Å²) in [6.07, 6.45) is 4.98. The summed E-state index contributed by atoms with van der Waals surface area (Å²) in [6.45, 7) is 0. The van der Waals surface area contributed by atoms with Gasteiger partial charge in [0.15, 0.2) is 5.16 Å². The molecule has 0 saturated carbocycles. The third kappa shape index (κ3) is 2.35. The number of carboxylic acids is 1. The van der Waals surface area contributed by atoms with Gasteiger partial charge in [0.2, 0.25) is 0 Å². The van der Waals surface area contributed by atoms with Gasteiger partial charge in [0, 0.05) is 6.20 Å². The van der Waals surface area contributed by atoms with Crippen molar-refractivity contribution < 1.29 is 9.90 Å². The maximum Gasteiger partial charge on any atom is 0.340 e. The van der Waals surface area contributed by atoms with Crippen molar-refractivity contribution in [3.8, 4) is 0 Å². The van der Waals surface area contributed by atoms with Gasteiger partial charge >= 0.3 is 5.97 Å². The van der Waals surface area contributed by atoms with E-state index in [0.29, 0.717) is 10.2 Å². The molecule has 0 aliphatic carbocycles. The van der Waals surface area contributed by atoms with E-state index in [0.717, 1.165) is 0 Å². The number of thioether (sulfide) groups is 2. The van der Waals surface area contributed by atoms with Crippen molar-refractivity contribution in [2.45, 2.75) is 10.2 Å². The molecule has 0 aromatic carbocycles. The highest BCUT2D eigenvalue weighted by atomic mass is 32.2. The maximum absolute atomic E-state index is 10.7. The summed E-state index contributed by atoms with van der Waals surface area (Å²) in [5.41, 5.74) is 0.158. The van der Waals surface area contributed by atoms with Crippen LogP contribution in [-0.4, -0.2) is 33.6 Å². The Labute approximate surface area is 84.2 Å². The molecule has 6 heteroatoms. The molecule has 4 nitrogen and oxygen atoms in total. The van der Waals surface area contributed by atoms with Crippen LogP contribution in [0.5, 0.6) is 0 Å². The predicted octanol–water partition coefficient (Wildman–Crippen LogP) is 1.62. The highest BCUT2D eigenvalue weighted by molar-refractivity contribution is 7.99. The number of aromatic nitrogens is 2. The van der Waals surface area contributed by atoms with Crippen molar-refractivity contribution in [3.63, 3.8) is 0 Å². The maximum atomic E-state index is 10.7. The number of hydrogen-bond donors (Lipinski definition) is 1. The lowest BCUT2D eigenvalue weighted by molar-refractivity contribution is 0.0691. The van der Waals surface area contributed by atoms with Gasteiger partial charge in [0.1, 0.15) is 10.6 Å². The molecule has 70 valence electrons. The quantitative estimate of drug-likeness (QED) is 0.470. The molecular weight excluding hydrogens is 208 g/mol. The lowest BCUT2D eigenvalue weighted by atomic mass is 10.3. The van der Waals surface area contributed by atoms with Gasteiger partial charge in [-0.15, -0.1) is 11.8 Å². The summed E-state index contributed by atoms with van der Waals surface area (Å²) in [5.74, 6) is -0.989. The second-order valence-corrected chi connectivity index (χ2v) is 3.65. The molecule has 1 rings (SSSR count). The Morgan fingerprint density at radius 1 is 1.46 bits per heavy atom. The van der Waals surface area contributed by atoms with Crippen LogP contribution >= 0.6 is 23.5 Å². The molecule has 0 fully saturated rings. The standard InChI is InChI=1S/C7H8N2O2S2/c1-12-5-4(6(10)11)3-8-7(9-5)13-2/h3H,1-2H3,(H,10,11). The molecule has 1 aromatic heterocycles. The summed E-state index contributed by atoms with van der Waals surface area (Å²) in [4.78, 5) is 18.6. The third-order valence-corrected chi connectivity index (χ3v) is 2.60. The van der Waals surface area contributed by atoms with Crippen LogP contribution in [0.3, 0.4) is 0 Å². The van der Waals surface area contributed by atoms with E-state index in [1.165, 1.54) is 29.7 Å². The molecule has 1 N–H and O–H groups in total. The van der Waals surface area contributed by atoms with E-state index in [1.54, 1.807) is 6.26 Å². The number of aromatic carboxylic acids is 1. The molecule has 0 spiro atoms. The fourth-order valence-corrected chi connectivity index (χ4v) is 1.69. The third-order valence-electron chi connectivity index (χ3n) is 1.34. The van der Waals surface area contributed by atoms with E-state index in [-0.39, 0.29) is 5.56 Å². The van der Waals surface area contributed by atoms with Gasteiger partial charge in [-0.1, -0.05) is 11.8 Å². The molecule has 0 atom stereocenters. The second-order valence-electron chi connectivity index (χ2n) is 2.08. The number of carboxylic acid groups (broad SMARTS) is 1. The zero-order valence-corrected chi connectivity index (χ0v) is 8.78. The molecule has 1 aromatic rings. The number of nitrogens with zero attached hydrogens (tertiary/aromatic N) is 2. The first-order valence-corrected chi connectivity index (χ1v) is 5.82. The van der Waals surface area contributed by atoms with Crippen molar-refractivity contribution in [1.82, 2.24) is 9.97 Å². The summed E-state index contributed by atoms with van der Waals surface area (Å²) < 4.78 is 0. The lowest BCUT2D eigenvalue weighted by Crippen LogP contribution is -2.02. The highest BCUT2D eigenvalue weighted by Crippen LogP contribution is 2.19. The van der Waals surface area contributed by atoms with E-state index in [1.807, 2.05) is 6.26 Å². The van der Waals surface area contributed by atoms with E-state index >= 15 is 0 Å². The Balaban J connectivity index is 3.15. The van der Waals surface area contributed by atoms with Gasteiger partial charge in [-0.2, -0.15) is 0 Å². The topological polar surface area (TPSA) is 63.1 Å². The molecule has 0 aliphatic rings. The van der Waals surface area contributed by atoms with Crippen LogP contribution in [-0.2, 0) is 0 Å².